The van der Waals surface area contributed by atoms with Gasteiger partial charge in [-0.3, -0.25) is 4.79 Å². The highest BCUT2D eigenvalue weighted by Crippen LogP contribution is 2.29. The maximum absolute atomic E-state index is 12.3. The average Bonchev–Trinajstić information content (AvgIpc) is 2.82. The summed E-state index contributed by atoms with van der Waals surface area (Å²) in [5.41, 5.74) is 0. The van der Waals surface area contributed by atoms with Gasteiger partial charge in [-0.15, -0.1) is 0 Å². The molecule has 5 nitrogen and oxygen atoms in total. The first-order valence-corrected chi connectivity index (χ1v) is 6.34. The van der Waals surface area contributed by atoms with Crippen LogP contribution in [0, 0.1) is 10.8 Å². The number of aldehydes is 1. The molecule has 2 atom stereocenters. The number of rotatable bonds is 3. The van der Waals surface area contributed by atoms with E-state index in [4.69, 9.17) is 0 Å². The van der Waals surface area contributed by atoms with Gasteiger partial charge in [-0.1, -0.05) is 24.4 Å². The molecule has 0 aromatic carbocycles. The molecule has 1 saturated carbocycles. The molecule has 0 bridgehead atoms. The van der Waals surface area contributed by atoms with E-state index < -0.39 is 12.1 Å². The van der Waals surface area contributed by atoms with Crippen LogP contribution in [-0.2, 0) is 9.59 Å². The molecule has 2 aliphatic rings. The fourth-order valence-electron chi connectivity index (χ4n) is 2.89. The number of likely N-dealkylation sites (tertiary alicyclic amines) is 1. The lowest BCUT2D eigenvalue weighted by molar-refractivity contribution is -0.139. The molecule has 17 heavy (non-hydrogen) atoms. The quantitative estimate of drug-likeness (QED) is 0.552. The van der Waals surface area contributed by atoms with Crippen molar-refractivity contribution in [1.29, 1.82) is 0 Å². The Morgan fingerprint density at radius 1 is 1.24 bits per heavy atom. The predicted molar refractivity (Wildman–Crippen MR) is 62.3 cm³/mol. The summed E-state index contributed by atoms with van der Waals surface area (Å²) in [7, 11) is 0. The predicted octanol–water partition coefficient (Wildman–Crippen LogP) is 1.50. The van der Waals surface area contributed by atoms with E-state index in [1.807, 2.05) is 0 Å². The molecule has 1 unspecified atom stereocenters. The van der Waals surface area contributed by atoms with E-state index in [2.05, 4.69) is 5.18 Å². The number of carbonyl (C=O) groups excluding carboxylic acids is 2. The Labute approximate surface area is 101 Å². The monoisotopic (exact) mass is 238 g/mol. The van der Waals surface area contributed by atoms with Gasteiger partial charge in [0.1, 0.15) is 12.3 Å². The lowest BCUT2D eigenvalue weighted by Crippen LogP contribution is -2.41. The Bertz CT molecular complexity index is 313. The topological polar surface area (TPSA) is 66.8 Å². The van der Waals surface area contributed by atoms with Gasteiger partial charge in [0.15, 0.2) is 0 Å². The van der Waals surface area contributed by atoms with E-state index in [0.717, 1.165) is 32.0 Å². The third-order valence-electron chi connectivity index (χ3n) is 3.86. The summed E-state index contributed by atoms with van der Waals surface area (Å²) in [4.78, 5) is 35.3. The molecule has 2 rings (SSSR count). The minimum absolute atomic E-state index is 0.0490. The first-order chi connectivity index (χ1) is 8.26. The number of nitrogens with zero attached hydrogens (tertiary/aromatic N) is 2. The van der Waals surface area contributed by atoms with E-state index in [1.165, 1.54) is 6.42 Å². The largest absolute Gasteiger partial charge is 0.330 e. The minimum atomic E-state index is -0.438. The summed E-state index contributed by atoms with van der Waals surface area (Å²) in [6, 6.07) is -0.843. The van der Waals surface area contributed by atoms with Crippen LogP contribution in [0.15, 0.2) is 5.18 Å². The molecule has 1 aliphatic carbocycles. The highest BCUT2D eigenvalue weighted by Gasteiger charge is 2.38. The number of hydrogen-bond acceptors (Lipinski definition) is 4. The van der Waals surface area contributed by atoms with Crippen molar-refractivity contribution in [3.8, 4) is 0 Å². The smallest absolute Gasteiger partial charge is 0.226 e. The summed E-state index contributed by atoms with van der Waals surface area (Å²) in [5, 5.41) is 2.96. The van der Waals surface area contributed by atoms with Crippen molar-refractivity contribution in [3.05, 3.63) is 4.91 Å². The third-order valence-corrected chi connectivity index (χ3v) is 3.86. The number of amides is 1. The Morgan fingerprint density at radius 2 is 1.94 bits per heavy atom. The van der Waals surface area contributed by atoms with Crippen LogP contribution < -0.4 is 0 Å². The molecular formula is C12H18N2O3. The number of hydrogen-bond donors (Lipinski definition) is 0. The third kappa shape index (κ3) is 2.53. The SMILES string of the molecule is O=CC1C[C@@H](N=O)CN1C(=O)C1CCCCC1. The van der Waals surface area contributed by atoms with Gasteiger partial charge in [-0.05, 0) is 12.8 Å². The van der Waals surface area contributed by atoms with Gasteiger partial charge >= 0.3 is 0 Å². The van der Waals surface area contributed by atoms with Gasteiger partial charge in [0.2, 0.25) is 5.91 Å². The summed E-state index contributed by atoms with van der Waals surface area (Å²) < 4.78 is 0. The Balaban J connectivity index is 2.01. The highest BCUT2D eigenvalue weighted by molar-refractivity contribution is 5.82. The van der Waals surface area contributed by atoms with Gasteiger partial charge < -0.3 is 9.69 Å². The first-order valence-electron chi connectivity index (χ1n) is 6.34. The van der Waals surface area contributed by atoms with Crippen LogP contribution in [0.5, 0.6) is 0 Å². The van der Waals surface area contributed by atoms with Gasteiger partial charge in [0.25, 0.3) is 0 Å². The molecule has 1 saturated heterocycles. The van der Waals surface area contributed by atoms with Crippen molar-refractivity contribution >= 4 is 12.2 Å². The minimum Gasteiger partial charge on any atom is -0.330 e. The van der Waals surface area contributed by atoms with Crippen LogP contribution in [-0.4, -0.2) is 35.7 Å². The second-order valence-electron chi connectivity index (χ2n) is 5.02. The lowest BCUT2D eigenvalue weighted by Gasteiger charge is -2.28. The van der Waals surface area contributed by atoms with Crippen LogP contribution in [0.25, 0.3) is 0 Å². The molecule has 5 heteroatoms. The highest BCUT2D eigenvalue weighted by atomic mass is 16.3. The zero-order valence-electron chi connectivity index (χ0n) is 9.88. The molecule has 1 heterocycles. The summed E-state index contributed by atoms with van der Waals surface area (Å²) in [6.45, 7) is 0.322. The molecule has 0 spiro atoms. The van der Waals surface area contributed by atoms with Gasteiger partial charge in [-0.25, -0.2) is 0 Å². The van der Waals surface area contributed by atoms with E-state index in [-0.39, 0.29) is 11.8 Å². The summed E-state index contributed by atoms with van der Waals surface area (Å²) in [6.07, 6.45) is 6.37. The Kier molecular flexibility index (Phi) is 3.86. The van der Waals surface area contributed by atoms with E-state index >= 15 is 0 Å². The molecule has 0 N–H and O–H groups in total. The van der Waals surface area contributed by atoms with Crippen LogP contribution in [0.2, 0.25) is 0 Å². The maximum Gasteiger partial charge on any atom is 0.226 e. The van der Waals surface area contributed by atoms with E-state index in [9.17, 15) is 14.5 Å². The van der Waals surface area contributed by atoms with Crippen LogP contribution in [0.1, 0.15) is 38.5 Å². The van der Waals surface area contributed by atoms with Crippen molar-refractivity contribution in [2.24, 2.45) is 11.1 Å². The van der Waals surface area contributed by atoms with E-state index in [1.54, 1.807) is 4.90 Å². The van der Waals surface area contributed by atoms with Crippen LogP contribution >= 0.6 is 0 Å². The average molecular weight is 238 g/mol. The Morgan fingerprint density at radius 3 is 2.53 bits per heavy atom. The second kappa shape index (κ2) is 5.38. The standard InChI is InChI=1S/C12H18N2O3/c15-8-11-6-10(13-17)7-14(11)12(16)9-4-2-1-3-5-9/h8-11H,1-7H2/t10-,11?/m1/s1. The van der Waals surface area contributed by atoms with Crippen molar-refractivity contribution in [3.63, 3.8) is 0 Å². The first kappa shape index (κ1) is 12.2. The fourth-order valence-corrected chi connectivity index (χ4v) is 2.89. The van der Waals surface area contributed by atoms with E-state index in [0.29, 0.717) is 13.0 Å². The molecule has 0 aromatic rings. The molecule has 0 aromatic heterocycles. The number of nitroso groups, excluding NO2 is 1. The van der Waals surface area contributed by atoms with Gasteiger partial charge in [0.05, 0.1) is 6.04 Å². The molecule has 2 fully saturated rings. The molecule has 1 aliphatic heterocycles. The van der Waals surface area contributed by atoms with Crippen molar-refractivity contribution in [1.82, 2.24) is 4.90 Å². The number of carbonyl (C=O) groups is 2. The van der Waals surface area contributed by atoms with Crippen molar-refractivity contribution < 1.29 is 9.59 Å². The normalized spacial score (nSPS) is 30.2. The van der Waals surface area contributed by atoms with Gasteiger partial charge in [0, 0.05) is 18.9 Å². The maximum atomic E-state index is 12.3. The zero-order valence-corrected chi connectivity index (χ0v) is 9.88. The summed E-state index contributed by atoms with van der Waals surface area (Å²) in [5.74, 6) is 0.101. The lowest BCUT2D eigenvalue weighted by atomic mass is 9.88. The second-order valence-corrected chi connectivity index (χ2v) is 5.02. The Hall–Kier alpha value is -1.26. The zero-order chi connectivity index (χ0) is 12.3. The van der Waals surface area contributed by atoms with Gasteiger partial charge in [-0.2, -0.15) is 4.91 Å². The van der Waals surface area contributed by atoms with Crippen LogP contribution in [0.4, 0.5) is 0 Å². The summed E-state index contributed by atoms with van der Waals surface area (Å²) >= 11 is 0. The van der Waals surface area contributed by atoms with Crippen LogP contribution in [0.3, 0.4) is 0 Å². The molecular weight excluding hydrogens is 220 g/mol. The fraction of sp³-hybridized carbons (Fsp3) is 0.833. The van der Waals surface area contributed by atoms with Crippen molar-refractivity contribution in [2.75, 3.05) is 6.54 Å². The molecule has 94 valence electrons. The molecule has 1 amide bonds. The van der Waals surface area contributed by atoms with Crippen molar-refractivity contribution in [2.45, 2.75) is 50.6 Å². The molecule has 0 radical (unpaired) electrons.